The lowest BCUT2D eigenvalue weighted by atomic mass is 10.2. The standard InChI is InChI=1S/C12H17ClO4S/c1-9(2)16-6-7-17-11-4-5-12(10(3)8-11)18(13,14)15/h4-5,8-9H,6-7H2,1-3H3. The Morgan fingerprint density at radius 2 is 1.94 bits per heavy atom. The van der Waals surface area contributed by atoms with E-state index in [9.17, 15) is 8.42 Å². The number of hydrogen-bond donors (Lipinski definition) is 0. The van der Waals surface area contributed by atoms with Crippen molar-refractivity contribution in [1.29, 1.82) is 0 Å². The van der Waals surface area contributed by atoms with Crippen molar-refractivity contribution < 1.29 is 17.9 Å². The lowest BCUT2D eigenvalue weighted by Crippen LogP contribution is -2.11. The molecule has 0 atom stereocenters. The SMILES string of the molecule is Cc1cc(OCCOC(C)C)ccc1S(=O)(=O)Cl. The molecule has 0 spiro atoms. The predicted octanol–water partition coefficient (Wildman–Crippen LogP) is 2.73. The quantitative estimate of drug-likeness (QED) is 0.597. The first-order valence-electron chi connectivity index (χ1n) is 5.60. The summed E-state index contributed by atoms with van der Waals surface area (Å²) in [5.41, 5.74) is 0.562. The van der Waals surface area contributed by atoms with Gasteiger partial charge >= 0.3 is 0 Å². The maximum absolute atomic E-state index is 11.2. The number of hydrogen-bond acceptors (Lipinski definition) is 4. The minimum absolute atomic E-state index is 0.106. The summed E-state index contributed by atoms with van der Waals surface area (Å²) < 4.78 is 33.2. The number of rotatable bonds is 6. The van der Waals surface area contributed by atoms with Gasteiger partial charge in [-0.05, 0) is 44.5 Å². The highest BCUT2D eigenvalue weighted by Crippen LogP contribution is 2.23. The van der Waals surface area contributed by atoms with E-state index >= 15 is 0 Å². The first-order valence-corrected chi connectivity index (χ1v) is 7.91. The minimum atomic E-state index is -3.69. The molecular weight excluding hydrogens is 276 g/mol. The maximum Gasteiger partial charge on any atom is 0.261 e. The Labute approximate surface area is 112 Å². The molecule has 4 nitrogen and oxygen atoms in total. The molecule has 0 saturated carbocycles. The van der Waals surface area contributed by atoms with E-state index in [1.54, 1.807) is 19.1 Å². The summed E-state index contributed by atoms with van der Waals surface area (Å²) in [6.07, 6.45) is 0.166. The molecule has 6 heteroatoms. The van der Waals surface area contributed by atoms with Crippen molar-refractivity contribution in [3.8, 4) is 5.75 Å². The van der Waals surface area contributed by atoms with Crippen molar-refractivity contribution in [1.82, 2.24) is 0 Å². The monoisotopic (exact) mass is 292 g/mol. The average Bonchev–Trinajstić information content (AvgIpc) is 2.22. The molecule has 0 heterocycles. The smallest absolute Gasteiger partial charge is 0.261 e. The zero-order valence-corrected chi connectivity index (χ0v) is 12.2. The number of aryl methyl sites for hydroxylation is 1. The van der Waals surface area contributed by atoms with Gasteiger partial charge in [0.2, 0.25) is 0 Å². The van der Waals surface area contributed by atoms with Crippen LogP contribution in [-0.2, 0) is 13.8 Å². The van der Waals surface area contributed by atoms with Gasteiger partial charge in [-0.15, -0.1) is 0 Å². The molecule has 1 rings (SSSR count). The number of ether oxygens (including phenoxy) is 2. The number of halogens is 1. The Bertz CT molecular complexity index is 497. The third-order valence-corrected chi connectivity index (χ3v) is 3.69. The second-order valence-electron chi connectivity index (χ2n) is 4.13. The molecule has 0 radical (unpaired) electrons. The average molecular weight is 293 g/mol. The van der Waals surface area contributed by atoms with Gasteiger partial charge in [0.15, 0.2) is 0 Å². The molecule has 0 aromatic heterocycles. The Morgan fingerprint density at radius 1 is 1.28 bits per heavy atom. The molecule has 0 aliphatic carbocycles. The van der Waals surface area contributed by atoms with Crippen LogP contribution in [0, 0.1) is 6.92 Å². The first-order chi connectivity index (χ1) is 8.30. The molecule has 0 fully saturated rings. The fraction of sp³-hybridized carbons (Fsp3) is 0.500. The Hall–Kier alpha value is -0.780. The van der Waals surface area contributed by atoms with Gasteiger partial charge in [0.05, 0.1) is 17.6 Å². The normalized spacial score (nSPS) is 11.8. The van der Waals surface area contributed by atoms with E-state index in [2.05, 4.69) is 0 Å². The largest absolute Gasteiger partial charge is 0.491 e. The van der Waals surface area contributed by atoms with Crippen molar-refractivity contribution in [2.75, 3.05) is 13.2 Å². The summed E-state index contributed by atoms with van der Waals surface area (Å²) in [5, 5.41) is 0. The molecule has 0 aliphatic rings. The van der Waals surface area contributed by atoms with Crippen molar-refractivity contribution in [2.45, 2.75) is 31.8 Å². The lowest BCUT2D eigenvalue weighted by molar-refractivity contribution is 0.0552. The van der Waals surface area contributed by atoms with Gasteiger partial charge in [-0.1, -0.05) is 0 Å². The molecular formula is C12H17ClO4S. The predicted molar refractivity (Wildman–Crippen MR) is 70.8 cm³/mol. The van der Waals surface area contributed by atoms with Crippen molar-refractivity contribution in [3.63, 3.8) is 0 Å². The summed E-state index contributed by atoms with van der Waals surface area (Å²) in [6.45, 7) is 6.48. The van der Waals surface area contributed by atoms with Gasteiger partial charge in [0.1, 0.15) is 12.4 Å². The van der Waals surface area contributed by atoms with Gasteiger partial charge in [-0.25, -0.2) is 8.42 Å². The second kappa shape index (κ2) is 6.41. The fourth-order valence-corrected chi connectivity index (χ4v) is 2.62. The van der Waals surface area contributed by atoms with Crippen LogP contribution in [0.3, 0.4) is 0 Å². The number of benzene rings is 1. The van der Waals surface area contributed by atoms with E-state index < -0.39 is 9.05 Å². The third-order valence-electron chi connectivity index (χ3n) is 2.21. The van der Waals surface area contributed by atoms with Crippen LogP contribution >= 0.6 is 10.7 Å². The third kappa shape index (κ3) is 4.84. The van der Waals surface area contributed by atoms with Crippen LogP contribution in [0.2, 0.25) is 0 Å². The fourth-order valence-electron chi connectivity index (χ4n) is 1.43. The summed E-state index contributed by atoms with van der Waals surface area (Å²) >= 11 is 0. The summed E-state index contributed by atoms with van der Waals surface area (Å²) in [5.74, 6) is 0.601. The molecule has 0 aliphatic heterocycles. The van der Waals surface area contributed by atoms with Gasteiger partial charge in [-0.3, -0.25) is 0 Å². The van der Waals surface area contributed by atoms with Crippen LogP contribution in [0.25, 0.3) is 0 Å². The highest BCUT2D eigenvalue weighted by Gasteiger charge is 2.13. The van der Waals surface area contributed by atoms with Gasteiger partial charge in [0.25, 0.3) is 9.05 Å². The second-order valence-corrected chi connectivity index (χ2v) is 6.67. The van der Waals surface area contributed by atoms with Crippen molar-refractivity contribution >= 4 is 19.7 Å². The van der Waals surface area contributed by atoms with Gasteiger partial charge in [-0.2, -0.15) is 0 Å². The van der Waals surface area contributed by atoms with E-state index in [1.807, 2.05) is 13.8 Å². The molecule has 0 saturated heterocycles. The van der Waals surface area contributed by atoms with Crippen molar-refractivity contribution in [2.24, 2.45) is 0 Å². The Kier molecular flexibility index (Phi) is 5.44. The molecule has 1 aromatic carbocycles. The zero-order valence-electron chi connectivity index (χ0n) is 10.6. The lowest BCUT2D eigenvalue weighted by Gasteiger charge is -2.10. The molecule has 0 amide bonds. The van der Waals surface area contributed by atoms with Crippen LogP contribution in [0.4, 0.5) is 0 Å². The van der Waals surface area contributed by atoms with Crippen molar-refractivity contribution in [3.05, 3.63) is 23.8 Å². The summed E-state index contributed by atoms with van der Waals surface area (Å²) in [4.78, 5) is 0.106. The molecule has 102 valence electrons. The Morgan fingerprint density at radius 3 is 2.44 bits per heavy atom. The minimum Gasteiger partial charge on any atom is -0.491 e. The van der Waals surface area contributed by atoms with E-state index in [1.165, 1.54) is 6.07 Å². The van der Waals surface area contributed by atoms with Gasteiger partial charge in [0, 0.05) is 10.7 Å². The van der Waals surface area contributed by atoms with Crippen LogP contribution in [0.1, 0.15) is 19.4 Å². The molecule has 18 heavy (non-hydrogen) atoms. The van der Waals surface area contributed by atoms with Crippen LogP contribution in [0.15, 0.2) is 23.1 Å². The maximum atomic E-state index is 11.2. The molecule has 0 bridgehead atoms. The Balaban J connectivity index is 2.63. The highest BCUT2D eigenvalue weighted by molar-refractivity contribution is 8.13. The topological polar surface area (TPSA) is 52.6 Å². The van der Waals surface area contributed by atoms with Crippen LogP contribution in [-0.4, -0.2) is 27.7 Å². The highest BCUT2D eigenvalue weighted by atomic mass is 35.7. The molecule has 0 N–H and O–H groups in total. The first kappa shape index (κ1) is 15.3. The van der Waals surface area contributed by atoms with Crippen LogP contribution in [0.5, 0.6) is 5.75 Å². The molecule has 1 aromatic rings. The van der Waals surface area contributed by atoms with E-state index in [-0.39, 0.29) is 11.0 Å². The summed E-state index contributed by atoms with van der Waals surface area (Å²) in [6, 6.07) is 4.67. The van der Waals surface area contributed by atoms with Gasteiger partial charge < -0.3 is 9.47 Å². The van der Waals surface area contributed by atoms with E-state index in [0.717, 1.165) is 0 Å². The molecule has 0 unspecified atom stereocenters. The van der Waals surface area contributed by atoms with Crippen LogP contribution < -0.4 is 4.74 Å². The van der Waals surface area contributed by atoms with E-state index in [0.29, 0.717) is 24.5 Å². The zero-order chi connectivity index (χ0) is 13.8. The summed E-state index contributed by atoms with van der Waals surface area (Å²) in [7, 11) is 1.59. The van der Waals surface area contributed by atoms with E-state index in [4.69, 9.17) is 20.2 Å².